The number of aromatic nitrogens is 2. The van der Waals surface area contributed by atoms with Gasteiger partial charge in [0.1, 0.15) is 0 Å². The van der Waals surface area contributed by atoms with E-state index in [-0.39, 0.29) is 5.41 Å². The molecule has 0 unspecified atom stereocenters. The minimum Gasteiger partial charge on any atom is -0.381 e. The van der Waals surface area contributed by atoms with Gasteiger partial charge in [-0.1, -0.05) is 47.1 Å². The highest BCUT2D eigenvalue weighted by molar-refractivity contribution is 9.10. The number of rotatable bonds is 5. The van der Waals surface area contributed by atoms with Crippen LogP contribution in [0.1, 0.15) is 50.4 Å². The normalized spacial score (nSPS) is 17.6. The molecule has 2 heterocycles. The van der Waals surface area contributed by atoms with Crippen LogP contribution in [0.2, 0.25) is 0 Å². The van der Waals surface area contributed by atoms with Crippen LogP contribution < -0.4 is 0 Å². The largest absolute Gasteiger partial charge is 0.381 e. The number of benzene rings is 1. The smallest absolute Gasteiger partial charge is 0.237 e. The van der Waals surface area contributed by atoms with Crippen molar-refractivity contribution < 1.29 is 9.26 Å². The zero-order valence-corrected chi connectivity index (χ0v) is 15.3. The molecule has 0 atom stereocenters. The fourth-order valence-electron chi connectivity index (χ4n) is 3.08. The van der Waals surface area contributed by atoms with Crippen LogP contribution in [-0.2, 0) is 16.6 Å². The Bertz CT molecular complexity index is 631. The van der Waals surface area contributed by atoms with Crippen molar-refractivity contribution >= 4 is 15.9 Å². The Morgan fingerprint density at radius 2 is 1.87 bits per heavy atom. The maximum absolute atomic E-state index is 5.70. The third-order valence-electron chi connectivity index (χ3n) is 4.57. The summed E-state index contributed by atoms with van der Waals surface area (Å²) in [6.45, 7) is 5.87. The summed E-state index contributed by atoms with van der Waals surface area (Å²) in [6.07, 6.45) is 3.70. The van der Waals surface area contributed by atoms with E-state index in [1.54, 1.807) is 0 Å². The first-order valence-corrected chi connectivity index (χ1v) is 9.06. The molecule has 5 heteroatoms. The topological polar surface area (TPSA) is 48.2 Å². The highest BCUT2D eigenvalue weighted by atomic mass is 79.9. The number of ether oxygens (including phenoxy) is 1. The lowest BCUT2D eigenvalue weighted by Crippen LogP contribution is -2.35. The molecule has 0 bridgehead atoms. The van der Waals surface area contributed by atoms with Gasteiger partial charge in [-0.3, -0.25) is 0 Å². The fourth-order valence-corrected chi connectivity index (χ4v) is 3.35. The quantitative estimate of drug-likeness (QED) is 0.767. The summed E-state index contributed by atoms with van der Waals surface area (Å²) in [7, 11) is 0. The van der Waals surface area contributed by atoms with Crippen molar-refractivity contribution in [3.05, 3.63) is 46.0 Å². The van der Waals surface area contributed by atoms with Gasteiger partial charge >= 0.3 is 0 Å². The Kier molecular flexibility index (Phi) is 5.17. The fraction of sp³-hybridized carbons (Fsp3) is 0.556. The molecule has 0 saturated carbocycles. The van der Waals surface area contributed by atoms with E-state index in [1.165, 1.54) is 5.56 Å². The monoisotopic (exact) mass is 378 g/mol. The Morgan fingerprint density at radius 3 is 2.52 bits per heavy atom. The van der Waals surface area contributed by atoms with Gasteiger partial charge in [0.2, 0.25) is 5.89 Å². The zero-order chi connectivity index (χ0) is 16.3. The summed E-state index contributed by atoms with van der Waals surface area (Å²) < 4.78 is 12.3. The lowest BCUT2D eigenvalue weighted by molar-refractivity contribution is 0.0523. The van der Waals surface area contributed by atoms with Gasteiger partial charge < -0.3 is 9.26 Å². The second-order valence-corrected chi connectivity index (χ2v) is 7.57. The van der Waals surface area contributed by atoms with Gasteiger partial charge in [-0.15, -0.1) is 0 Å². The average molecular weight is 379 g/mol. The van der Waals surface area contributed by atoms with Crippen molar-refractivity contribution in [2.45, 2.75) is 44.9 Å². The second kappa shape index (κ2) is 7.14. The molecule has 2 aromatic rings. The molecule has 0 spiro atoms. The van der Waals surface area contributed by atoms with Crippen molar-refractivity contribution in [1.29, 1.82) is 0 Å². The van der Waals surface area contributed by atoms with Crippen LogP contribution in [0.4, 0.5) is 0 Å². The standard InChI is InChI=1S/C18H23BrN2O2/c1-13(2)3-8-16-20-17(23-21-16)18(9-11-22-12-10-18)14-4-6-15(19)7-5-14/h4-7,13H,3,8-12H2,1-2H3. The summed E-state index contributed by atoms with van der Waals surface area (Å²) in [5, 5.41) is 4.22. The second-order valence-electron chi connectivity index (χ2n) is 6.65. The van der Waals surface area contributed by atoms with Crippen molar-refractivity contribution in [3.63, 3.8) is 0 Å². The van der Waals surface area contributed by atoms with Gasteiger partial charge in [0.25, 0.3) is 0 Å². The molecule has 1 aromatic carbocycles. The van der Waals surface area contributed by atoms with Crippen LogP contribution in [0.5, 0.6) is 0 Å². The van der Waals surface area contributed by atoms with E-state index < -0.39 is 0 Å². The molecule has 23 heavy (non-hydrogen) atoms. The molecule has 4 nitrogen and oxygen atoms in total. The molecule has 0 aliphatic carbocycles. The first-order chi connectivity index (χ1) is 11.1. The van der Waals surface area contributed by atoms with Crippen molar-refractivity contribution in [2.75, 3.05) is 13.2 Å². The van der Waals surface area contributed by atoms with E-state index in [4.69, 9.17) is 14.2 Å². The maximum atomic E-state index is 5.70. The number of halogens is 1. The van der Waals surface area contributed by atoms with Gasteiger partial charge in [-0.2, -0.15) is 4.98 Å². The van der Waals surface area contributed by atoms with Crippen LogP contribution >= 0.6 is 15.9 Å². The number of aryl methyl sites for hydroxylation is 1. The molecule has 1 aromatic heterocycles. The van der Waals surface area contributed by atoms with E-state index in [9.17, 15) is 0 Å². The minimum absolute atomic E-state index is 0.220. The molecule has 0 N–H and O–H groups in total. The molecule has 1 aliphatic rings. The molecular weight excluding hydrogens is 356 g/mol. The Hall–Kier alpha value is -1.20. The SMILES string of the molecule is CC(C)CCc1noc(C2(c3ccc(Br)cc3)CCOCC2)n1. The zero-order valence-electron chi connectivity index (χ0n) is 13.7. The molecule has 1 saturated heterocycles. The summed E-state index contributed by atoms with van der Waals surface area (Å²) >= 11 is 3.51. The highest BCUT2D eigenvalue weighted by Crippen LogP contribution is 2.40. The Labute approximate surface area is 145 Å². The van der Waals surface area contributed by atoms with Gasteiger partial charge in [-0.25, -0.2) is 0 Å². The van der Waals surface area contributed by atoms with E-state index >= 15 is 0 Å². The lowest BCUT2D eigenvalue weighted by Gasteiger charge is -2.34. The van der Waals surface area contributed by atoms with E-state index in [0.29, 0.717) is 5.92 Å². The summed E-state index contributed by atoms with van der Waals surface area (Å²) in [4.78, 5) is 4.73. The van der Waals surface area contributed by atoms with Gasteiger partial charge in [0.15, 0.2) is 5.82 Å². The Morgan fingerprint density at radius 1 is 1.17 bits per heavy atom. The predicted octanol–water partition coefficient (Wildman–Crippen LogP) is 4.52. The van der Waals surface area contributed by atoms with Crippen LogP contribution in [0.3, 0.4) is 0 Å². The van der Waals surface area contributed by atoms with Crippen molar-refractivity contribution in [2.24, 2.45) is 5.92 Å². The predicted molar refractivity (Wildman–Crippen MR) is 92.4 cm³/mol. The molecule has 124 valence electrons. The van der Waals surface area contributed by atoms with E-state index in [1.807, 2.05) is 0 Å². The van der Waals surface area contributed by atoms with Gasteiger partial charge in [0.05, 0.1) is 5.41 Å². The maximum Gasteiger partial charge on any atom is 0.237 e. The number of hydrogen-bond acceptors (Lipinski definition) is 4. The molecular formula is C18H23BrN2O2. The van der Waals surface area contributed by atoms with Gasteiger partial charge in [-0.05, 0) is 42.9 Å². The summed E-state index contributed by atoms with van der Waals surface area (Å²) in [5.41, 5.74) is 1.00. The van der Waals surface area contributed by atoms with Crippen LogP contribution in [0, 0.1) is 5.92 Å². The lowest BCUT2D eigenvalue weighted by atomic mass is 9.74. The first kappa shape index (κ1) is 16.7. The number of nitrogens with zero attached hydrogens (tertiary/aromatic N) is 2. The van der Waals surface area contributed by atoms with Crippen molar-refractivity contribution in [3.8, 4) is 0 Å². The third-order valence-corrected chi connectivity index (χ3v) is 5.09. The van der Waals surface area contributed by atoms with Crippen LogP contribution in [0.15, 0.2) is 33.3 Å². The molecule has 1 aliphatic heterocycles. The Balaban J connectivity index is 1.91. The highest BCUT2D eigenvalue weighted by Gasteiger charge is 2.41. The average Bonchev–Trinajstić information content (AvgIpc) is 3.04. The van der Waals surface area contributed by atoms with Crippen LogP contribution in [0.25, 0.3) is 0 Å². The summed E-state index contributed by atoms with van der Waals surface area (Å²) in [6, 6.07) is 8.44. The minimum atomic E-state index is -0.220. The van der Waals surface area contributed by atoms with Crippen LogP contribution in [-0.4, -0.2) is 23.4 Å². The molecule has 1 fully saturated rings. The molecule has 3 rings (SSSR count). The van der Waals surface area contributed by atoms with Gasteiger partial charge in [0, 0.05) is 24.1 Å². The van der Waals surface area contributed by atoms with E-state index in [2.05, 4.69) is 59.2 Å². The first-order valence-electron chi connectivity index (χ1n) is 8.27. The van der Waals surface area contributed by atoms with Crippen molar-refractivity contribution in [1.82, 2.24) is 10.1 Å². The third kappa shape index (κ3) is 3.66. The van der Waals surface area contributed by atoms with E-state index in [0.717, 1.165) is 55.1 Å². The molecule has 0 amide bonds. The molecule has 0 radical (unpaired) electrons. The summed E-state index contributed by atoms with van der Waals surface area (Å²) in [5.74, 6) is 2.19. The number of hydrogen-bond donors (Lipinski definition) is 0.